The van der Waals surface area contributed by atoms with E-state index >= 15 is 0 Å². The molecule has 0 radical (unpaired) electrons. The number of amides is 1. The Morgan fingerprint density at radius 2 is 1.68 bits per heavy atom. The molecule has 0 aromatic heterocycles. The zero-order chi connectivity index (χ0) is 20.1. The number of benzene rings is 2. The molecule has 1 aliphatic carbocycles. The number of esters is 1. The fourth-order valence-electron chi connectivity index (χ4n) is 3.76. The molecule has 1 aliphatic rings. The van der Waals surface area contributed by atoms with Crippen LogP contribution in [-0.2, 0) is 9.53 Å². The van der Waals surface area contributed by atoms with Gasteiger partial charge in [0.15, 0.2) is 11.6 Å². The molecule has 0 atom stereocenters. The molecular weight excluding hydrogens is 364 g/mol. The van der Waals surface area contributed by atoms with Crippen LogP contribution in [0.25, 0.3) is 0 Å². The van der Waals surface area contributed by atoms with Gasteiger partial charge < -0.3 is 10.1 Å². The fourth-order valence-corrected chi connectivity index (χ4v) is 3.76. The van der Waals surface area contributed by atoms with Crippen LogP contribution in [0.3, 0.4) is 0 Å². The Kier molecular flexibility index (Phi) is 6.39. The molecule has 0 bridgehead atoms. The first-order chi connectivity index (χ1) is 13.5. The van der Waals surface area contributed by atoms with Crippen LogP contribution in [-0.4, -0.2) is 19.0 Å². The van der Waals surface area contributed by atoms with Crippen LogP contribution in [0.15, 0.2) is 42.5 Å². The zero-order valence-electron chi connectivity index (χ0n) is 15.7. The lowest BCUT2D eigenvalue weighted by molar-refractivity contribution is -0.117. The Balaban J connectivity index is 1.49. The predicted octanol–water partition coefficient (Wildman–Crippen LogP) is 5.05. The van der Waals surface area contributed by atoms with Gasteiger partial charge in [0.05, 0.1) is 12.7 Å². The summed E-state index contributed by atoms with van der Waals surface area (Å²) in [6.45, 7) is 0. The monoisotopic (exact) mass is 387 g/mol. The van der Waals surface area contributed by atoms with Crippen molar-refractivity contribution in [1.82, 2.24) is 0 Å². The van der Waals surface area contributed by atoms with Gasteiger partial charge in [-0.05, 0) is 67.3 Å². The number of halogens is 2. The van der Waals surface area contributed by atoms with E-state index in [2.05, 4.69) is 5.32 Å². The van der Waals surface area contributed by atoms with E-state index in [0.29, 0.717) is 17.9 Å². The Hall–Kier alpha value is -2.76. The normalized spacial score (nSPS) is 19.1. The van der Waals surface area contributed by atoms with Crippen molar-refractivity contribution < 1.29 is 23.1 Å². The van der Waals surface area contributed by atoms with Gasteiger partial charge in [-0.25, -0.2) is 13.6 Å². The molecule has 1 N–H and O–H groups in total. The highest BCUT2D eigenvalue weighted by Crippen LogP contribution is 2.37. The van der Waals surface area contributed by atoms with Crippen molar-refractivity contribution in [3.63, 3.8) is 0 Å². The van der Waals surface area contributed by atoms with Gasteiger partial charge in [0.1, 0.15) is 0 Å². The molecule has 1 saturated carbocycles. The highest BCUT2D eigenvalue weighted by molar-refractivity contribution is 5.91. The summed E-state index contributed by atoms with van der Waals surface area (Å²) in [7, 11) is 1.36. The smallest absolute Gasteiger partial charge is 0.337 e. The van der Waals surface area contributed by atoms with E-state index in [1.165, 1.54) is 18.7 Å². The van der Waals surface area contributed by atoms with Gasteiger partial charge in [-0.2, -0.15) is 0 Å². The number of carbonyl (C=O) groups is 2. The van der Waals surface area contributed by atoms with Gasteiger partial charge in [0.2, 0.25) is 5.91 Å². The van der Waals surface area contributed by atoms with Crippen molar-refractivity contribution in [2.24, 2.45) is 5.92 Å². The van der Waals surface area contributed by atoms with Gasteiger partial charge in [-0.1, -0.05) is 12.1 Å². The summed E-state index contributed by atoms with van der Waals surface area (Å²) in [5, 5.41) is 2.63. The lowest BCUT2D eigenvalue weighted by atomic mass is 9.77. The van der Waals surface area contributed by atoms with Gasteiger partial charge in [0.25, 0.3) is 0 Å². The minimum absolute atomic E-state index is 0.183. The number of ether oxygens (including phenoxy) is 1. The van der Waals surface area contributed by atoms with Crippen LogP contribution in [0.4, 0.5) is 14.5 Å². The number of methoxy groups -OCH3 is 1. The molecule has 2 aromatic rings. The Morgan fingerprint density at radius 1 is 1.00 bits per heavy atom. The number of nitrogens with one attached hydrogen (secondary N) is 1. The molecule has 6 heteroatoms. The third kappa shape index (κ3) is 4.94. The number of hydrogen-bond donors (Lipinski definition) is 1. The standard InChI is InChI=1S/C22H23F2NO3/c1-28-22(27)17-8-6-16(7-9-17)15-4-2-14(3-5-15)12-21(26)25-18-10-11-19(23)20(24)13-18/h6-11,13-15H,2-5,12H2,1H3,(H,25,26)/t14-,15+. The molecule has 0 unspecified atom stereocenters. The fraction of sp³-hybridized carbons (Fsp3) is 0.364. The third-order valence-corrected chi connectivity index (χ3v) is 5.33. The topological polar surface area (TPSA) is 55.4 Å². The highest BCUT2D eigenvalue weighted by atomic mass is 19.2. The minimum atomic E-state index is -0.975. The maximum Gasteiger partial charge on any atom is 0.337 e. The number of anilines is 1. The van der Waals surface area contributed by atoms with Crippen molar-refractivity contribution in [3.8, 4) is 0 Å². The molecule has 4 nitrogen and oxygen atoms in total. The van der Waals surface area contributed by atoms with E-state index in [1.54, 1.807) is 12.1 Å². The Labute approximate surface area is 162 Å². The summed E-state index contributed by atoms with van der Waals surface area (Å²) in [4.78, 5) is 23.7. The molecule has 1 fully saturated rings. The average molecular weight is 387 g/mol. The first kappa shape index (κ1) is 20.0. The first-order valence-electron chi connectivity index (χ1n) is 9.39. The summed E-state index contributed by atoms with van der Waals surface area (Å²) in [6.07, 6.45) is 4.16. The second kappa shape index (κ2) is 8.95. The molecule has 3 rings (SSSR count). The molecule has 28 heavy (non-hydrogen) atoms. The van der Waals surface area contributed by atoms with Gasteiger partial charge in [-0.15, -0.1) is 0 Å². The molecule has 148 valence electrons. The van der Waals surface area contributed by atoms with E-state index < -0.39 is 11.6 Å². The van der Waals surface area contributed by atoms with Crippen LogP contribution in [0.5, 0.6) is 0 Å². The van der Waals surface area contributed by atoms with Gasteiger partial charge in [-0.3, -0.25) is 4.79 Å². The van der Waals surface area contributed by atoms with Gasteiger partial charge >= 0.3 is 5.97 Å². The van der Waals surface area contributed by atoms with E-state index in [1.807, 2.05) is 12.1 Å². The minimum Gasteiger partial charge on any atom is -0.465 e. The lowest BCUT2D eigenvalue weighted by Gasteiger charge is -2.28. The van der Waals surface area contributed by atoms with Crippen LogP contribution >= 0.6 is 0 Å². The van der Waals surface area contributed by atoms with E-state index in [-0.39, 0.29) is 23.5 Å². The molecule has 1 amide bonds. The van der Waals surface area contributed by atoms with Crippen molar-refractivity contribution in [2.75, 3.05) is 12.4 Å². The van der Waals surface area contributed by atoms with Crippen molar-refractivity contribution in [2.45, 2.75) is 38.0 Å². The van der Waals surface area contributed by atoms with E-state index in [4.69, 9.17) is 4.74 Å². The van der Waals surface area contributed by atoms with Crippen LogP contribution in [0.1, 0.15) is 53.9 Å². The van der Waals surface area contributed by atoms with E-state index in [9.17, 15) is 18.4 Å². The molecule has 0 spiro atoms. The molecule has 0 aliphatic heterocycles. The Bertz CT molecular complexity index is 843. The van der Waals surface area contributed by atoms with Crippen LogP contribution in [0, 0.1) is 17.6 Å². The largest absolute Gasteiger partial charge is 0.465 e. The summed E-state index contributed by atoms with van der Waals surface area (Å²) >= 11 is 0. The molecule has 0 saturated heterocycles. The SMILES string of the molecule is COC(=O)c1ccc([C@H]2CC[C@@H](CC(=O)Nc3ccc(F)c(F)c3)CC2)cc1. The average Bonchev–Trinajstić information content (AvgIpc) is 2.71. The van der Waals surface area contributed by atoms with Crippen molar-refractivity contribution in [1.29, 1.82) is 0 Å². The van der Waals surface area contributed by atoms with E-state index in [0.717, 1.165) is 37.8 Å². The number of hydrogen-bond acceptors (Lipinski definition) is 3. The third-order valence-electron chi connectivity index (χ3n) is 5.33. The summed E-state index contributed by atoms with van der Waals surface area (Å²) in [5.74, 6) is -1.75. The van der Waals surface area contributed by atoms with Crippen molar-refractivity contribution in [3.05, 3.63) is 65.2 Å². The molecule has 2 aromatic carbocycles. The van der Waals surface area contributed by atoms with Gasteiger partial charge in [0, 0.05) is 18.2 Å². The number of carbonyl (C=O) groups excluding carboxylic acids is 2. The summed E-state index contributed by atoms with van der Waals surface area (Å²) in [6, 6.07) is 10.8. The number of rotatable bonds is 5. The quantitative estimate of drug-likeness (QED) is 0.730. The molecule has 0 heterocycles. The second-order valence-corrected chi connectivity index (χ2v) is 7.21. The molecular formula is C22H23F2NO3. The van der Waals surface area contributed by atoms with Crippen LogP contribution < -0.4 is 5.32 Å². The first-order valence-corrected chi connectivity index (χ1v) is 9.39. The Morgan fingerprint density at radius 3 is 2.29 bits per heavy atom. The van der Waals surface area contributed by atoms with Crippen LogP contribution in [0.2, 0.25) is 0 Å². The summed E-state index contributed by atoms with van der Waals surface area (Å²) in [5.41, 5.74) is 1.99. The maximum atomic E-state index is 13.2. The summed E-state index contributed by atoms with van der Waals surface area (Å²) < 4.78 is 30.9. The predicted molar refractivity (Wildman–Crippen MR) is 102 cm³/mol. The lowest BCUT2D eigenvalue weighted by Crippen LogP contribution is -2.20. The second-order valence-electron chi connectivity index (χ2n) is 7.21. The maximum absolute atomic E-state index is 13.2. The zero-order valence-corrected chi connectivity index (χ0v) is 15.7. The highest BCUT2D eigenvalue weighted by Gasteiger charge is 2.24. The van der Waals surface area contributed by atoms with Crippen molar-refractivity contribution >= 4 is 17.6 Å².